The molecule has 5 nitrogen and oxygen atoms in total. The van der Waals surface area contributed by atoms with Gasteiger partial charge in [0.1, 0.15) is 5.75 Å². The molecular formula is C16H24N2O3. The first kappa shape index (κ1) is 15.8. The Morgan fingerprint density at radius 3 is 2.62 bits per heavy atom. The maximum atomic E-state index is 11.8. The number of rotatable bonds is 6. The number of ether oxygens (including phenoxy) is 2. The van der Waals surface area contributed by atoms with E-state index in [4.69, 9.17) is 9.47 Å². The predicted molar refractivity (Wildman–Crippen MR) is 81.7 cm³/mol. The number of morpholine rings is 1. The number of carbonyl (C=O) groups is 1. The van der Waals surface area contributed by atoms with Crippen LogP contribution in [-0.4, -0.2) is 56.8 Å². The summed E-state index contributed by atoms with van der Waals surface area (Å²) in [5.74, 6) is 0.728. The van der Waals surface area contributed by atoms with E-state index in [-0.39, 0.29) is 12.5 Å². The summed E-state index contributed by atoms with van der Waals surface area (Å²) in [5.41, 5.74) is 2.10. The van der Waals surface area contributed by atoms with Crippen molar-refractivity contribution in [3.63, 3.8) is 0 Å². The van der Waals surface area contributed by atoms with E-state index < -0.39 is 0 Å². The Hall–Kier alpha value is -1.59. The molecule has 1 amide bonds. The summed E-state index contributed by atoms with van der Waals surface area (Å²) in [4.78, 5) is 14.1. The summed E-state index contributed by atoms with van der Waals surface area (Å²) in [5, 5.41) is 2.89. The van der Waals surface area contributed by atoms with Crippen molar-refractivity contribution in [2.75, 3.05) is 46.0 Å². The van der Waals surface area contributed by atoms with Gasteiger partial charge in [0.15, 0.2) is 6.61 Å². The Morgan fingerprint density at radius 1 is 1.29 bits per heavy atom. The molecule has 1 aliphatic heterocycles. The molecule has 0 saturated carbocycles. The second kappa shape index (κ2) is 8.00. The molecule has 1 heterocycles. The fraction of sp³-hybridized carbons (Fsp3) is 0.562. The summed E-state index contributed by atoms with van der Waals surface area (Å²) in [7, 11) is 0. The number of nitrogens with one attached hydrogen (secondary N) is 1. The Labute approximate surface area is 126 Å². The van der Waals surface area contributed by atoms with Crippen molar-refractivity contribution in [1.29, 1.82) is 0 Å². The molecule has 0 unspecified atom stereocenters. The van der Waals surface area contributed by atoms with E-state index in [0.29, 0.717) is 6.54 Å². The molecule has 1 fully saturated rings. The molecule has 0 atom stereocenters. The highest BCUT2D eigenvalue weighted by molar-refractivity contribution is 5.77. The average Bonchev–Trinajstić information content (AvgIpc) is 2.48. The lowest BCUT2D eigenvalue weighted by Crippen LogP contribution is -2.42. The highest BCUT2D eigenvalue weighted by Gasteiger charge is 2.11. The summed E-state index contributed by atoms with van der Waals surface area (Å²) >= 11 is 0. The predicted octanol–water partition coefficient (Wildman–Crippen LogP) is 1.13. The van der Waals surface area contributed by atoms with Gasteiger partial charge in [0.25, 0.3) is 5.91 Å². The van der Waals surface area contributed by atoms with Gasteiger partial charge in [0.05, 0.1) is 13.2 Å². The third kappa shape index (κ3) is 5.02. The number of nitrogens with zero attached hydrogens (tertiary/aromatic N) is 1. The van der Waals surface area contributed by atoms with Crippen LogP contribution in [-0.2, 0) is 9.53 Å². The van der Waals surface area contributed by atoms with Gasteiger partial charge in [-0.2, -0.15) is 0 Å². The number of aryl methyl sites for hydroxylation is 2. The van der Waals surface area contributed by atoms with Gasteiger partial charge in [0, 0.05) is 26.2 Å². The van der Waals surface area contributed by atoms with E-state index in [0.717, 1.165) is 49.7 Å². The first-order chi connectivity index (χ1) is 10.2. The lowest BCUT2D eigenvalue weighted by atomic mass is 10.1. The van der Waals surface area contributed by atoms with Crippen LogP contribution in [0.1, 0.15) is 11.1 Å². The molecule has 0 radical (unpaired) electrons. The van der Waals surface area contributed by atoms with Gasteiger partial charge in [-0.25, -0.2) is 0 Å². The van der Waals surface area contributed by atoms with Crippen LogP contribution >= 0.6 is 0 Å². The molecule has 0 bridgehead atoms. The first-order valence-corrected chi connectivity index (χ1v) is 7.42. The monoisotopic (exact) mass is 292 g/mol. The van der Waals surface area contributed by atoms with Gasteiger partial charge in [-0.15, -0.1) is 0 Å². The number of carbonyl (C=O) groups excluding carboxylic acids is 1. The zero-order valence-electron chi connectivity index (χ0n) is 12.9. The van der Waals surface area contributed by atoms with E-state index in [1.807, 2.05) is 32.0 Å². The average molecular weight is 292 g/mol. The van der Waals surface area contributed by atoms with E-state index >= 15 is 0 Å². The van der Waals surface area contributed by atoms with Crippen LogP contribution in [0.15, 0.2) is 18.2 Å². The largest absolute Gasteiger partial charge is 0.483 e. The maximum Gasteiger partial charge on any atom is 0.257 e. The van der Waals surface area contributed by atoms with Crippen LogP contribution in [0.2, 0.25) is 0 Å². The smallest absolute Gasteiger partial charge is 0.257 e. The Balaban J connectivity index is 1.67. The van der Waals surface area contributed by atoms with Crippen molar-refractivity contribution in [1.82, 2.24) is 10.2 Å². The Kier molecular flexibility index (Phi) is 6.02. The minimum atomic E-state index is -0.0779. The van der Waals surface area contributed by atoms with Crippen LogP contribution in [0.3, 0.4) is 0 Å². The zero-order valence-corrected chi connectivity index (χ0v) is 12.9. The number of hydrogen-bond donors (Lipinski definition) is 1. The molecule has 1 N–H and O–H groups in total. The number of benzene rings is 1. The molecule has 5 heteroatoms. The van der Waals surface area contributed by atoms with Crippen molar-refractivity contribution in [2.45, 2.75) is 13.8 Å². The molecule has 116 valence electrons. The molecule has 21 heavy (non-hydrogen) atoms. The van der Waals surface area contributed by atoms with Crippen molar-refractivity contribution < 1.29 is 14.3 Å². The fourth-order valence-electron chi connectivity index (χ4n) is 2.39. The Morgan fingerprint density at radius 2 is 1.95 bits per heavy atom. The normalized spacial score (nSPS) is 15.7. The van der Waals surface area contributed by atoms with Gasteiger partial charge in [0.2, 0.25) is 0 Å². The molecule has 1 aromatic carbocycles. The van der Waals surface area contributed by atoms with Crippen molar-refractivity contribution in [2.24, 2.45) is 0 Å². The summed E-state index contributed by atoms with van der Waals surface area (Å²) < 4.78 is 10.9. The van der Waals surface area contributed by atoms with E-state index in [9.17, 15) is 4.79 Å². The molecule has 2 rings (SSSR count). The van der Waals surface area contributed by atoms with Gasteiger partial charge in [-0.1, -0.05) is 18.2 Å². The number of para-hydroxylation sites is 1. The van der Waals surface area contributed by atoms with Crippen LogP contribution < -0.4 is 10.1 Å². The highest BCUT2D eigenvalue weighted by Crippen LogP contribution is 2.21. The van der Waals surface area contributed by atoms with E-state index in [1.165, 1.54) is 0 Å². The van der Waals surface area contributed by atoms with Crippen molar-refractivity contribution in [3.8, 4) is 5.75 Å². The minimum absolute atomic E-state index is 0.0643. The second-order valence-corrected chi connectivity index (χ2v) is 5.31. The van der Waals surface area contributed by atoms with Crippen LogP contribution in [0.25, 0.3) is 0 Å². The topological polar surface area (TPSA) is 50.8 Å². The van der Waals surface area contributed by atoms with Crippen LogP contribution in [0.4, 0.5) is 0 Å². The minimum Gasteiger partial charge on any atom is -0.483 e. The number of amides is 1. The van der Waals surface area contributed by atoms with Crippen LogP contribution in [0.5, 0.6) is 5.75 Å². The standard InChI is InChI=1S/C16H24N2O3/c1-13-4-3-5-14(2)16(13)21-12-15(19)17-6-7-18-8-10-20-11-9-18/h3-5H,6-12H2,1-2H3,(H,17,19). The quantitative estimate of drug-likeness (QED) is 0.854. The van der Waals surface area contributed by atoms with Gasteiger partial charge < -0.3 is 14.8 Å². The second-order valence-electron chi connectivity index (χ2n) is 5.31. The third-order valence-electron chi connectivity index (χ3n) is 3.61. The van der Waals surface area contributed by atoms with E-state index in [1.54, 1.807) is 0 Å². The highest BCUT2D eigenvalue weighted by atomic mass is 16.5. The Bertz CT molecular complexity index is 450. The van der Waals surface area contributed by atoms with Gasteiger partial charge in [-0.3, -0.25) is 9.69 Å². The summed E-state index contributed by atoms with van der Waals surface area (Å²) in [6, 6.07) is 5.96. The molecule has 1 saturated heterocycles. The molecular weight excluding hydrogens is 268 g/mol. The first-order valence-electron chi connectivity index (χ1n) is 7.42. The van der Waals surface area contributed by atoms with Crippen molar-refractivity contribution >= 4 is 5.91 Å². The molecule has 1 aromatic rings. The zero-order chi connectivity index (χ0) is 15.1. The fourth-order valence-corrected chi connectivity index (χ4v) is 2.39. The summed E-state index contributed by atoms with van der Waals surface area (Å²) in [6.45, 7) is 8.98. The molecule has 1 aliphatic rings. The van der Waals surface area contributed by atoms with Crippen molar-refractivity contribution in [3.05, 3.63) is 29.3 Å². The maximum absolute atomic E-state index is 11.8. The lowest BCUT2D eigenvalue weighted by molar-refractivity contribution is -0.123. The molecule has 0 aliphatic carbocycles. The lowest BCUT2D eigenvalue weighted by Gasteiger charge is -2.26. The van der Waals surface area contributed by atoms with Gasteiger partial charge >= 0.3 is 0 Å². The summed E-state index contributed by atoms with van der Waals surface area (Å²) in [6.07, 6.45) is 0. The van der Waals surface area contributed by atoms with Gasteiger partial charge in [-0.05, 0) is 25.0 Å². The van der Waals surface area contributed by atoms with Crippen LogP contribution in [0, 0.1) is 13.8 Å². The molecule has 0 spiro atoms. The molecule has 0 aromatic heterocycles. The third-order valence-corrected chi connectivity index (χ3v) is 3.61. The van der Waals surface area contributed by atoms with E-state index in [2.05, 4.69) is 10.2 Å². The SMILES string of the molecule is Cc1cccc(C)c1OCC(=O)NCCN1CCOCC1. The number of hydrogen-bond acceptors (Lipinski definition) is 4.